The van der Waals surface area contributed by atoms with Crippen molar-refractivity contribution in [1.29, 1.82) is 0 Å². The van der Waals surface area contributed by atoms with Crippen LogP contribution in [0.25, 0.3) is 0 Å². The van der Waals surface area contributed by atoms with E-state index in [4.69, 9.17) is 5.11 Å². The van der Waals surface area contributed by atoms with Gasteiger partial charge in [0.15, 0.2) is 6.10 Å². The molecule has 1 aromatic rings. The van der Waals surface area contributed by atoms with Crippen LogP contribution in [0.15, 0.2) is 18.2 Å². The molecule has 0 aromatic heterocycles. The molecule has 0 aliphatic rings. The van der Waals surface area contributed by atoms with E-state index in [0.717, 1.165) is 5.56 Å². The number of halogens is 2. The largest absolute Gasteiger partial charge is 0.479 e. The Labute approximate surface area is 121 Å². The number of ketones is 1. The van der Waals surface area contributed by atoms with Gasteiger partial charge in [0.05, 0.1) is 5.33 Å². The molecule has 0 heterocycles. The Morgan fingerprint density at radius 2 is 1.94 bits per heavy atom. The van der Waals surface area contributed by atoms with Crippen LogP contribution in [0.2, 0.25) is 0 Å². The summed E-state index contributed by atoms with van der Waals surface area (Å²) in [6.07, 6.45) is -1.50. The minimum Gasteiger partial charge on any atom is -0.479 e. The van der Waals surface area contributed by atoms with E-state index in [0.29, 0.717) is 10.9 Å². The van der Waals surface area contributed by atoms with Crippen molar-refractivity contribution in [2.45, 2.75) is 17.9 Å². The Hall–Kier alpha value is -0.720. The van der Waals surface area contributed by atoms with E-state index in [1.807, 2.05) is 0 Å². The average molecular weight is 380 g/mol. The first-order valence-corrected chi connectivity index (χ1v) is 7.40. The molecule has 0 radical (unpaired) electrons. The molecule has 0 aliphatic carbocycles. The van der Waals surface area contributed by atoms with Crippen molar-refractivity contribution in [2.75, 3.05) is 5.33 Å². The second-order valence-electron chi connectivity index (χ2n) is 3.76. The zero-order valence-electron chi connectivity index (χ0n) is 9.40. The topological polar surface area (TPSA) is 74.6 Å². The van der Waals surface area contributed by atoms with Crippen LogP contribution in [0.1, 0.15) is 22.8 Å². The van der Waals surface area contributed by atoms with E-state index in [-0.39, 0.29) is 23.1 Å². The van der Waals surface area contributed by atoms with Gasteiger partial charge in [0.25, 0.3) is 0 Å². The molecule has 18 heavy (non-hydrogen) atoms. The highest BCUT2D eigenvalue weighted by Gasteiger charge is 2.20. The van der Waals surface area contributed by atoms with Crippen molar-refractivity contribution in [1.82, 2.24) is 0 Å². The highest BCUT2D eigenvalue weighted by atomic mass is 79.9. The molecular formula is C12H12Br2O4. The molecule has 0 bridgehead atoms. The predicted octanol–water partition coefficient (Wildman–Crippen LogP) is 2.21. The fourth-order valence-corrected chi connectivity index (χ4v) is 2.10. The van der Waals surface area contributed by atoms with E-state index < -0.39 is 12.1 Å². The third-order valence-corrected chi connectivity index (χ3v) is 3.70. The van der Waals surface area contributed by atoms with E-state index in [1.54, 1.807) is 18.2 Å². The van der Waals surface area contributed by atoms with Gasteiger partial charge in [0.1, 0.15) is 5.78 Å². The summed E-state index contributed by atoms with van der Waals surface area (Å²) < 4.78 is 0. The van der Waals surface area contributed by atoms with Gasteiger partial charge in [-0.15, -0.1) is 0 Å². The zero-order chi connectivity index (χ0) is 13.7. The number of carbonyl (C=O) groups is 2. The maximum absolute atomic E-state index is 11.4. The molecule has 1 atom stereocenters. The maximum atomic E-state index is 11.4. The number of hydrogen-bond acceptors (Lipinski definition) is 3. The molecule has 0 saturated carbocycles. The molecule has 6 heteroatoms. The third kappa shape index (κ3) is 3.90. The number of aliphatic carboxylic acids is 1. The van der Waals surface area contributed by atoms with E-state index in [2.05, 4.69) is 31.9 Å². The number of Topliss-reactive ketones (excluding diaryl/α,β-unsaturated/α-hetero) is 1. The number of hydrogen-bond donors (Lipinski definition) is 2. The quantitative estimate of drug-likeness (QED) is 0.743. The first-order chi connectivity index (χ1) is 8.49. The Morgan fingerprint density at radius 1 is 1.28 bits per heavy atom. The fraction of sp³-hybridized carbons (Fsp3) is 0.333. The summed E-state index contributed by atoms with van der Waals surface area (Å²) >= 11 is 6.35. The number of carbonyl (C=O) groups excluding carboxylic acids is 1. The van der Waals surface area contributed by atoms with Crippen molar-refractivity contribution in [3.63, 3.8) is 0 Å². The summed E-state index contributed by atoms with van der Waals surface area (Å²) in [7, 11) is 0. The number of aliphatic hydroxyl groups is 1. The zero-order valence-corrected chi connectivity index (χ0v) is 12.6. The van der Waals surface area contributed by atoms with Crippen molar-refractivity contribution in [3.8, 4) is 0 Å². The number of rotatable bonds is 6. The van der Waals surface area contributed by atoms with Gasteiger partial charge in [-0.05, 0) is 16.7 Å². The number of carboxylic acids is 1. The van der Waals surface area contributed by atoms with Crippen LogP contribution in [0.5, 0.6) is 0 Å². The lowest BCUT2D eigenvalue weighted by atomic mass is 9.96. The van der Waals surface area contributed by atoms with Crippen molar-refractivity contribution in [2.24, 2.45) is 0 Å². The lowest BCUT2D eigenvalue weighted by Crippen LogP contribution is -2.15. The highest BCUT2D eigenvalue weighted by molar-refractivity contribution is 9.09. The third-order valence-electron chi connectivity index (χ3n) is 2.43. The molecule has 2 N–H and O–H groups in total. The van der Waals surface area contributed by atoms with Crippen molar-refractivity contribution < 1.29 is 19.8 Å². The maximum Gasteiger partial charge on any atom is 0.337 e. The number of alkyl halides is 2. The second-order valence-corrected chi connectivity index (χ2v) is 4.88. The Kier molecular flexibility index (Phi) is 5.98. The molecule has 1 aromatic carbocycles. The summed E-state index contributed by atoms with van der Waals surface area (Å²) in [4.78, 5) is 22.2. The molecule has 1 rings (SSSR count). The minimum absolute atomic E-state index is 0.0689. The van der Waals surface area contributed by atoms with Crippen molar-refractivity contribution in [3.05, 3.63) is 34.9 Å². The Balaban J connectivity index is 3.15. The summed E-state index contributed by atoms with van der Waals surface area (Å²) in [5.74, 6) is -1.39. The van der Waals surface area contributed by atoms with Crippen LogP contribution < -0.4 is 0 Å². The van der Waals surface area contributed by atoms with Gasteiger partial charge >= 0.3 is 5.97 Å². The second kappa shape index (κ2) is 7.01. The first-order valence-electron chi connectivity index (χ1n) is 5.15. The van der Waals surface area contributed by atoms with Crippen LogP contribution >= 0.6 is 31.9 Å². The van der Waals surface area contributed by atoms with Gasteiger partial charge < -0.3 is 10.2 Å². The number of carboxylic acid groups (broad SMARTS) is 1. The molecular weight excluding hydrogens is 368 g/mol. The van der Waals surface area contributed by atoms with Crippen LogP contribution in [0.4, 0.5) is 0 Å². The molecule has 4 nitrogen and oxygen atoms in total. The summed E-state index contributed by atoms with van der Waals surface area (Å²) in [5, 5.41) is 19.2. The molecule has 1 unspecified atom stereocenters. The van der Waals surface area contributed by atoms with Gasteiger partial charge in [0.2, 0.25) is 0 Å². The van der Waals surface area contributed by atoms with Crippen LogP contribution in [0.3, 0.4) is 0 Å². The highest BCUT2D eigenvalue weighted by Crippen LogP contribution is 2.22. The fourth-order valence-electron chi connectivity index (χ4n) is 1.55. The van der Waals surface area contributed by atoms with Gasteiger partial charge in [-0.2, -0.15) is 0 Å². The SMILES string of the molecule is O=C(CBr)Cc1cc(CBr)ccc1C(O)C(=O)O. The lowest BCUT2D eigenvalue weighted by molar-refractivity contribution is -0.147. The summed E-state index contributed by atoms with van der Waals surface area (Å²) in [5.41, 5.74) is 1.74. The van der Waals surface area contributed by atoms with Gasteiger partial charge in [-0.1, -0.05) is 50.1 Å². The monoisotopic (exact) mass is 378 g/mol. The normalized spacial score (nSPS) is 12.2. The van der Waals surface area contributed by atoms with Gasteiger partial charge in [0, 0.05) is 11.8 Å². The van der Waals surface area contributed by atoms with E-state index in [1.165, 1.54) is 0 Å². The molecule has 0 spiro atoms. The first kappa shape index (κ1) is 15.3. The minimum atomic E-state index is -1.60. The lowest BCUT2D eigenvalue weighted by Gasteiger charge is -2.13. The molecule has 98 valence electrons. The van der Waals surface area contributed by atoms with E-state index >= 15 is 0 Å². The Morgan fingerprint density at radius 3 is 2.44 bits per heavy atom. The number of benzene rings is 1. The molecule has 0 aliphatic heterocycles. The molecule has 0 saturated heterocycles. The van der Waals surface area contributed by atoms with Crippen LogP contribution in [-0.4, -0.2) is 27.3 Å². The van der Waals surface area contributed by atoms with Gasteiger partial charge in [-0.25, -0.2) is 4.79 Å². The predicted molar refractivity (Wildman–Crippen MR) is 74.2 cm³/mol. The molecule has 0 amide bonds. The van der Waals surface area contributed by atoms with Crippen LogP contribution in [-0.2, 0) is 21.3 Å². The van der Waals surface area contributed by atoms with Crippen LogP contribution in [0, 0.1) is 0 Å². The van der Waals surface area contributed by atoms with Crippen molar-refractivity contribution >= 4 is 43.6 Å². The summed E-state index contributed by atoms with van der Waals surface area (Å²) in [6, 6.07) is 5.00. The Bertz CT molecular complexity index is 459. The molecule has 0 fully saturated rings. The number of aliphatic hydroxyl groups excluding tert-OH is 1. The van der Waals surface area contributed by atoms with E-state index in [9.17, 15) is 14.7 Å². The average Bonchev–Trinajstić information content (AvgIpc) is 2.37. The standard InChI is InChI=1S/C12H12Br2O4/c13-5-7-1-2-10(11(16)12(17)18)8(3-7)4-9(15)6-14/h1-3,11,16H,4-6H2,(H,17,18). The smallest absolute Gasteiger partial charge is 0.337 e. The van der Waals surface area contributed by atoms with Gasteiger partial charge in [-0.3, -0.25) is 4.79 Å². The summed E-state index contributed by atoms with van der Waals surface area (Å²) in [6.45, 7) is 0.